The van der Waals surface area contributed by atoms with Crippen molar-refractivity contribution in [3.8, 4) is 22.8 Å². The predicted molar refractivity (Wildman–Crippen MR) is 172 cm³/mol. The van der Waals surface area contributed by atoms with Crippen molar-refractivity contribution < 1.29 is 9.59 Å². The number of anilines is 3. The van der Waals surface area contributed by atoms with Crippen LogP contribution in [0.4, 0.5) is 17.1 Å². The first kappa shape index (κ1) is 27.6. The van der Waals surface area contributed by atoms with Crippen molar-refractivity contribution in [2.75, 3.05) is 23.7 Å². The van der Waals surface area contributed by atoms with Crippen molar-refractivity contribution >= 4 is 28.9 Å². The maximum absolute atomic E-state index is 13.3. The summed E-state index contributed by atoms with van der Waals surface area (Å²) in [6.45, 7) is 5.57. The first-order chi connectivity index (χ1) is 21.4. The van der Waals surface area contributed by atoms with E-state index in [1.54, 1.807) is 0 Å². The second kappa shape index (κ2) is 11.5. The third-order valence-electron chi connectivity index (χ3n) is 8.75. The monoisotopic (exact) mass is 585 g/mol. The molecular weight excluding hydrogens is 550 g/mol. The quantitative estimate of drug-likeness (QED) is 0.169. The Morgan fingerprint density at radius 2 is 1.70 bits per heavy atom. The summed E-state index contributed by atoms with van der Waals surface area (Å²) in [7, 11) is 0. The van der Waals surface area contributed by atoms with Gasteiger partial charge in [0, 0.05) is 59.1 Å². The number of carbonyl (C=O) groups excluding carboxylic acids is 2. The van der Waals surface area contributed by atoms with Crippen LogP contribution >= 0.6 is 0 Å². The van der Waals surface area contributed by atoms with Crippen LogP contribution in [0.1, 0.15) is 58.1 Å². The fourth-order valence-electron chi connectivity index (χ4n) is 6.43. The van der Waals surface area contributed by atoms with Gasteiger partial charge in [-0.1, -0.05) is 48.5 Å². The van der Waals surface area contributed by atoms with E-state index in [-0.39, 0.29) is 17.7 Å². The highest BCUT2D eigenvalue weighted by Crippen LogP contribution is 2.38. The van der Waals surface area contributed by atoms with E-state index in [1.165, 1.54) is 6.42 Å². The van der Waals surface area contributed by atoms with Gasteiger partial charge in [0.25, 0.3) is 5.91 Å². The van der Waals surface area contributed by atoms with Crippen molar-refractivity contribution in [1.82, 2.24) is 25.1 Å². The number of piperidine rings is 1. The zero-order valence-electron chi connectivity index (χ0n) is 24.9. The van der Waals surface area contributed by atoms with Crippen LogP contribution in [0.3, 0.4) is 0 Å². The van der Waals surface area contributed by atoms with E-state index in [0.717, 1.165) is 88.0 Å². The van der Waals surface area contributed by atoms with Crippen LogP contribution in [0, 0.1) is 13.8 Å². The van der Waals surface area contributed by atoms with Crippen LogP contribution in [-0.2, 0) is 11.2 Å². The number of hydrogen-bond acceptors (Lipinski definition) is 5. The number of H-pyrrole nitrogens is 2. The highest BCUT2D eigenvalue weighted by Gasteiger charge is 2.33. The minimum Gasteiger partial charge on any atom is -0.362 e. The van der Waals surface area contributed by atoms with E-state index in [1.807, 2.05) is 91.5 Å². The van der Waals surface area contributed by atoms with Crippen LogP contribution in [0.2, 0.25) is 0 Å². The Labute approximate surface area is 256 Å². The van der Waals surface area contributed by atoms with E-state index >= 15 is 0 Å². The Hall–Kier alpha value is -5.18. The molecule has 222 valence electrons. The number of benzene rings is 3. The number of rotatable bonds is 7. The average Bonchev–Trinajstić information content (AvgIpc) is 3.74. The number of likely N-dealkylation sites (tertiary alicyclic amines) is 1. The maximum Gasteiger partial charge on any atom is 0.255 e. The second-order valence-corrected chi connectivity index (χ2v) is 11.7. The molecule has 0 spiro atoms. The average molecular weight is 586 g/mol. The van der Waals surface area contributed by atoms with Gasteiger partial charge in [0.1, 0.15) is 0 Å². The van der Waals surface area contributed by atoms with Gasteiger partial charge in [-0.2, -0.15) is 5.10 Å². The summed E-state index contributed by atoms with van der Waals surface area (Å²) in [6.07, 6.45) is 3.80. The molecule has 2 aliphatic rings. The lowest BCUT2D eigenvalue weighted by Crippen LogP contribution is -2.36. The molecule has 3 aromatic carbocycles. The molecule has 0 saturated carbocycles. The van der Waals surface area contributed by atoms with Gasteiger partial charge in [0.15, 0.2) is 11.6 Å². The van der Waals surface area contributed by atoms with Gasteiger partial charge >= 0.3 is 0 Å². The normalized spacial score (nSPS) is 16.1. The number of fused-ring (bicyclic) bond motifs is 1. The molecule has 1 fully saturated rings. The molecule has 5 aromatic rings. The Morgan fingerprint density at radius 3 is 2.52 bits per heavy atom. The molecule has 1 unspecified atom stereocenters. The maximum atomic E-state index is 13.3. The van der Waals surface area contributed by atoms with Crippen LogP contribution in [0.5, 0.6) is 0 Å². The predicted octanol–water partition coefficient (Wildman–Crippen LogP) is 6.73. The van der Waals surface area contributed by atoms with E-state index in [4.69, 9.17) is 0 Å². The Kier molecular flexibility index (Phi) is 7.21. The van der Waals surface area contributed by atoms with E-state index in [2.05, 4.69) is 30.8 Å². The van der Waals surface area contributed by atoms with Crippen LogP contribution in [0.25, 0.3) is 22.8 Å². The summed E-state index contributed by atoms with van der Waals surface area (Å²) >= 11 is 0. The molecule has 2 aliphatic heterocycles. The molecule has 0 radical (unpaired) electrons. The van der Waals surface area contributed by atoms with Gasteiger partial charge in [0.2, 0.25) is 5.91 Å². The summed E-state index contributed by atoms with van der Waals surface area (Å²) in [5.41, 5.74) is 8.88. The van der Waals surface area contributed by atoms with Crippen molar-refractivity contribution in [1.29, 1.82) is 0 Å². The fourth-order valence-corrected chi connectivity index (χ4v) is 6.43. The molecule has 9 heteroatoms. The Bertz CT molecular complexity index is 1850. The highest BCUT2D eigenvalue weighted by molar-refractivity contribution is 6.04. The molecule has 2 amide bonds. The summed E-state index contributed by atoms with van der Waals surface area (Å²) < 4.78 is 0. The standard InChI is InChI=1S/C35H35N7O2/c1-21-29(36-22(2)31(21)35(44)42-16-7-4-8-17-42)20-28-27-15-14-26(19-30(27)38-34(28)43)37-25-13-9-12-24(18-25)33-39-32(40-41-33)23-10-5-3-6-11-23/h3,5-6,9-15,18-19,28,36-37H,4,7-8,16-17,20H2,1-2H3,(H,38,43)(H,39,40,41). The van der Waals surface area contributed by atoms with E-state index in [0.29, 0.717) is 12.2 Å². The summed E-state index contributed by atoms with van der Waals surface area (Å²) in [5, 5.41) is 14.0. The van der Waals surface area contributed by atoms with Gasteiger partial charge in [-0.3, -0.25) is 14.7 Å². The Balaban J connectivity index is 1.07. The molecule has 9 nitrogen and oxygen atoms in total. The number of hydrogen-bond donors (Lipinski definition) is 4. The first-order valence-electron chi connectivity index (χ1n) is 15.2. The number of amides is 2. The summed E-state index contributed by atoms with van der Waals surface area (Å²) in [6, 6.07) is 23.8. The molecule has 0 aliphatic carbocycles. The van der Waals surface area contributed by atoms with Gasteiger partial charge in [0.05, 0.1) is 11.5 Å². The number of aromatic amines is 2. The second-order valence-electron chi connectivity index (χ2n) is 11.7. The number of nitrogens with one attached hydrogen (secondary N) is 4. The molecule has 1 saturated heterocycles. The van der Waals surface area contributed by atoms with Crippen LogP contribution in [-0.4, -0.2) is 50.0 Å². The lowest BCUT2D eigenvalue weighted by molar-refractivity contribution is -0.117. The minimum atomic E-state index is -0.332. The van der Waals surface area contributed by atoms with Gasteiger partial charge in [-0.25, -0.2) is 4.98 Å². The minimum absolute atomic E-state index is 0.0338. The fraction of sp³-hybridized carbons (Fsp3) is 0.257. The lowest BCUT2D eigenvalue weighted by Gasteiger charge is -2.27. The molecule has 1 atom stereocenters. The highest BCUT2D eigenvalue weighted by atomic mass is 16.2. The largest absolute Gasteiger partial charge is 0.362 e. The third kappa shape index (κ3) is 5.25. The smallest absolute Gasteiger partial charge is 0.255 e. The first-order valence-corrected chi connectivity index (χ1v) is 15.2. The summed E-state index contributed by atoms with van der Waals surface area (Å²) in [4.78, 5) is 36.5. The number of aromatic nitrogens is 4. The van der Waals surface area contributed by atoms with E-state index in [9.17, 15) is 9.59 Å². The van der Waals surface area contributed by atoms with Crippen molar-refractivity contribution in [3.05, 3.63) is 101 Å². The molecule has 4 heterocycles. The number of aryl methyl sites for hydroxylation is 1. The zero-order chi connectivity index (χ0) is 30.2. The van der Waals surface area contributed by atoms with Gasteiger partial charge in [-0.15, -0.1) is 0 Å². The Morgan fingerprint density at radius 1 is 0.932 bits per heavy atom. The van der Waals surface area contributed by atoms with E-state index < -0.39 is 0 Å². The van der Waals surface area contributed by atoms with Crippen LogP contribution < -0.4 is 10.6 Å². The summed E-state index contributed by atoms with van der Waals surface area (Å²) in [5.74, 6) is 1.07. The SMILES string of the molecule is Cc1[nH]c(CC2C(=O)Nc3cc(Nc4cccc(-c5n[nH]c(-c6ccccc6)n5)c4)ccc32)c(C)c1C(=O)N1CCCCC1. The molecular formula is C35H35N7O2. The molecule has 2 aromatic heterocycles. The van der Waals surface area contributed by atoms with Crippen molar-refractivity contribution in [2.45, 2.75) is 45.4 Å². The molecule has 0 bridgehead atoms. The molecule has 4 N–H and O–H groups in total. The number of carbonyl (C=O) groups is 2. The van der Waals surface area contributed by atoms with Gasteiger partial charge < -0.3 is 20.5 Å². The van der Waals surface area contributed by atoms with Crippen molar-refractivity contribution in [3.63, 3.8) is 0 Å². The molecule has 44 heavy (non-hydrogen) atoms. The number of nitrogens with zero attached hydrogens (tertiary/aromatic N) is 3. The topological polar surface area (TPSA) is 119 Å². The van der Waals surface area contributed by atoms with Gasteiger partial charge in [-0.05, 0) is 68.5 Å². The van der Waals surface area contributed by atoms with Crippen molar-refractivity contribution in [2.24, 2.45) is 0 Å². The molecule has 7 rings (SSSR count). The van der Waals surface area contributed by atoms with Crippen LogP contribution in [0.15, 0.2) is 72.8 Å². The third-order valence-corrected chi connectivity index (χ3v) is 8.75. The lowest BCUT2D eigenvalue weighted by atomic mass is 9.93. The zero-order valence-corrected chi connectivity index (χ0v) is 24.9.